The average Bonchev–Trinajstić information content (AvgIpc) is 3.25. The third-order valence-electron chi connectivity index (χ3n) is 4.81. The predicted octanol–water partition coefficient (Wildman–Crippen LogP) is 2.48. The van der Waals surface area contributed by atoms with Gasteiger partial charge in [0, 0.05) is 38.9 Å². The number of hydrogen-bond acceptors (Lipinski definition) is 2. The lowest BCUT2D eigenvalue weighted by atomic mass is 10.1. The van der Waals surface area contributed by atoms with E-state index in [1.165, 1.54) is 32.4 Å². The van der Waals surface area contributed by atoms with E-state index in [1.54, 1.807) is 7.05 Å². The van der Waals surface area contributed by atoms with Gasteiger partial charge in [0.2, 0.25) is 0 Å². The van der Waals surface area contributed by atoms with E-state index < -0.39 is 0 Å². The Kier molecular flexibility index (Phi) is 5.39. The quantitative estimate of drug-likeness (QED) is 0.628. The Morgan fingerprint density at radius 3 is 2.70 bits per heavy atom. The van der Waals surface area contributed by atoms with Crippen LogP contribution in [-0.4, -0.2) is 48.2 Å². The molecule has 2 heterocycles. The number of hydrogen-bond donors (Lipinski definition) is 2. The van der Waals surface area contributed by atoms with Gasteiger partial charge >= 0.3 is 0 Å². The Balaban J connectivity index is 1.44. The average molecular weight is 358 g/mol. The molecule has 0 radical (unpaired) electrons. The van der Waals surface area contributed by atoms with Crippen molar-refractivity contribution in [3.05, 3.63) is 21.9 Å². The molecule has 2 N–H and O–H groups in total. The smallest absolute Gasteiger partial charge is 0.191 e. The van der Waals surface area contributed by atoms with Crippen LogP contribution in [-0.2, 0) is 13.6 Å². The molecule has 0 spiro atoms. The molecule has 128 valence electrons. The molecule has 23 heavy (non-hydrogen) atoms. The number of aliphatic imine (C=N–C) groups is 1. The molecule has 1 atom stereocenters. The molecule has 0 amide bonds. The first-order valence-electron chi connectivity index (χ1n) is 8.26. The molecule has 1 aromatic heterocycles. The van der Waals surface area contributed by atoms with Crippen LogP contribution in [0.15, 0.2) is 11.1 Å². The van der Waals surface area contributed by atoms with Gasteiger partial charge in [0.1, 0.15) is 5.15 Å². The maximum atomic E-state index is 6.09. The Morgan fingerprint density at radius 1 is 1.30 bits per heavy atom. The van der Waals surface area contributed by atoms with E-state index in [4.69, 9.17) is 23.2 Å². The normalized spacial score (nSPS) is 22.6. The second kappa shape index (κ2) is 7.32. The molecule has 2 aliphatic rings. The van der Waals surface area contributed by atoms with Crippen molar-refractivity contribution in [2.24, 2.45) is 18.0 Å². The molecule has 3 rings (SSSR count). The Bertz CT molecular complexity index is 579. The lowest BCUT2D eigenvalue weighted by Gasteiger charge is -2.17. The lowest BCUT2D eigenvalue weighted by molar-refractivity contribution is 0.314. The summed E-state index contributed by atoms with van der Waals surface area (Å²) in [6.45, 7) is 4.08. The molecule has 1 aliphatic heterocycles. The van der Waals surface area contributed by atoms with Gasteiger partial charge in [-0.3, -0.25) is 4.99 Å². The number of likely N-dealkylation sites (tertiary alicyclic amines) is 1. The maximum absolute atomic E-state index is 6.09. The largest absolute Gasteiger partial charge is 0.356 e. The molecule has 1 saturated heterocycles. The third-order valence-corrected chi connectivity index (χ3v) is 5.66. The zero-order valence-electron chi connectivity index (χ0n) is 13.8. The van der Waals surface area contributed by atoms with Crippen molar-refractivity contribution in [1.29, 1.82) is 0 Å². The van der Waals surface area contributed by atoms with Crippen molar-refractivity contribution < 1.29 is 0 Å². The third kappa shape index (κ3) is 4.14. The monoisotopic (exact) mass is 357 g/mol. The summed E-state index contributed by atoms with van der Waals surface area (Å²) in [5, 5.41) is 7.91. The fourth-order valence-electron chi connectivity index (χ4n) is 3.20. The Morgan fingerprint density at radius 2 is 2.09 bits per heavy atom. The Hall–Kier alpha value is -0.910. The van der Waals surface area contributed by atoms with E-state index in [0.29, 0.717) is 22.6 Å². The number of aromatic nitrogens is 1. The van der Waals surface area contributed by atoms with Crippen LogP contribution < -0.4 is 10.6 Å². The van der Waals surface area contributed by atoms with E-state index in [9.17, 15) is 0 Å². The second-order valence-corrected chi connectivity index (χ2v) is 7.29. The van der Waals surface area contributed by atoms with Crippen molar-refractivity contribution in [2.75, 3.05) is 26.7 Å². The van der Waals surface area contributed by atoms with Crippen LogP contribution in [0.2, 0.25) is 10.2 Å². The summed E-state index contributed by atoms with van der Waals surface area (Å²) < 4.78 is 1.88. The van der Waals surface area contributed by atoms with Crippen molar-refractivity contribution in [2.45, 2.75) is 31.8 Å². The highest BCUT2D eigenvalue weighted by atomic mass is 35.5. The minimum Gasteiger partial charge on any atom is -0.356 e. The zero-order chi connectivity index (χ0) is 16.4. The van der Waals surface area contributed by atoms with E-state index >= 15 is 0 Å². The molecule has 7 heteroatoms. The van der Waals surface area contributed by atoms with Crippen LogP contribution in [0.4, 0.5) is 0 Å². The van der Waals surface area contributed by atoms with Crippen LogP contribution in [0, 0.1) is 5.92 Å². The summed E-state index contributed by atoms with van der Waals surface area (Å²) in [5.41, 5.74) is 1.03. The summed E-state index contributed by atoms with van der Waals surface area (Å²) in [6.07, 6.45) is 4.07. The molecule has 1 saturated carbocycles. The van der Waals surface area contributed by atoms with Gasteiger partial charge in [-0.15, -0.1) is 0 Å². The van der Waals surface area contributed by atoms with Crippen molar-refractivity contribution in [3.8, 4) is 0 Å². The van der Waals surface area contributed by atoms with Gasteiger partial charge in [-0.05, 0) is 37.8 Å². The number of halogens is 2. The topological polar surface area (TPSA) is 44.6 Å². The van der Waals surface area contributed by atoms with Crippen LogP contribution in [0.5, 0.6) is 0 Å². The van der Waals surface area contributed by atoms with Gasteiger partial charge in [0.25, 0.3) is 0 Å². The molecular weight excluding hydrogens is 333 g/mol. The molecule has 0 aromatic carbocycles. The summed E-state index contributed by atoms with van der Waals surface area (Å²) >= 11 is 12.1. The van der Waals surface area contributed by atoms with Gasteiger partial charge in [-0.1, -0.05) is 23.2 Å². The van der Waals surface area contributed by atoms with Crippen LogP contribution in [0.25, 0.3) is 0 Å². The van der Waals surface area contributed by atoms with E-state index in [2.05, 4.69) is 20.5 Å². The zero-order valence-corrected chi connectivity index (χ0v) is 15.3. The molecule has 1 aliphatic carbocycles. The van der Waals surface area contributed by atoms with E-state index in [0.717, 1.165) is 24.2 Å². The van der Waals surface area contributed by atoms with Gasteiger partial charge in [-0.2, -0.15) is 0 Å². The predicted molar refractivity (Wildman–Crippen MR) is 96.3 cm³/mol. The van der Waals surface area contributed by atoms with Gasteiger partial charge in [0.15, 0.2) is 5.96 Å². The second-order valence-electron chi connectivity index (χ2n) is 6.52. The fraction of sp³-hybridized carbons (Fsp3) is 0.688. The van der Waals surface area contributed by atoms with E-state index in [-0.39, 0.29) is 0 Å². The van der Waals surface area contributed by atoms with Crippen LogP contribution in [0.3, 0.4) is 0 Å². The Labute approximate surface area is 148 Å². The molecule has 1 unspecified atom stereocenters. The highest BCUT2D eigenvalue weighted by Gasteiger charge is 2.34. The minimum absolute atomic E-state index is 0.567. The number of nitrogens with one attached hydrogen (secondary N) is 2. The molecule has 1 aromatic rings. The lowest BCUT2D eigenvalue weighted by Crippen LogP contribution is -2.40. The number of rotatable bonds is 5. The van der Waals surface area contributed by atoms with Crippen molar-refractivity contribution in [3.63, 3.8) is 0 Å². The summed E-state index contributed by atoms with van der Waals surface area (Å²) in [4.78, 5) is 6.93. The summed E-state index contributed by atoms with van der Waals surface area (Å²) in [5.74, 6) is 1.54. The van der Waals surface area contributed by atoms with Gasteiger partial charge in [-0.25, -0.2) is 0 Å². The summed E-state index contributed by atoms with van der Waals surface area (Å²) in [7, 11) is 3.71. The minimum atomic E-state index is 0.567. The van der Waals surface area contributed by atoms with Gasteiger partial charge < -0.3 is 20.1 Å². The van der Waals surface area contributed by atoms with E-state index in [1.807, 2.05) is 17.7 Å². The van der Waals surface area contributed by atoms with Crippen LogP contribution in [0.1, 0.15) is 25.0 Å². The molecular formula is C16H25Cl2N5. The molecule has 2 fully saturated rings. The first-order chi connectivity index (χ1) is 11.1. The summed E-state index contributed by atoms with van der Waals surface area (Å²) in [6, 6.07) is 2.76. The fourth-order valence-corrected chi connectivity index (χ4v) is 3.61. The van der Waals surface area contributed by atoms with Gasteiger partial charge in [0.05, 0.1) is 11.6 Å². The molecule has 5 nitrogen and oxygen atoms in total. The number of guanidine groups is 1. The van der Waals surface area contributed by atoms with Crippen molar-refractivity contribution in [1.82, 2.24) is 20.1 Å². The number of nitrogens with zero attached hydrogens (tertiary/aromatic N) is 3. The highest BCUT2D eigenvalue weighted by Crippen LogP contribution is 2.31. The molecule has 0 bridgehead atoms. The SMILES string of the molecule is CN=C(NCc1cc(Cl)c(Cl)n1C)NCC1CCN(C2CC2)C1. The standard InChI is InChI=1S/C16H25Cl2N5/c1-19-16(21-9-13-7-14(17)15(18)22(13)2)20-8-11-5-6-23(10-11)12-3-4-12/h7,11-12H,3-6,8-10H2,1-2H3,(H2,19,20,21). The first kappa shape index (κ1) is 16.9. The van der Waals surface area contributed by atoms with Crippen molar-refractivity contribution >= 4 is 29.2 Å². The first-order valence-corrected chi connectivity index (χ1v) is 9.02. The maximum Gasteiger partial charge on any atom is 0.191 e. The van der Waals surface area contributed by atoms with Crippen LogP contribution >= 0.6 is 23.2 Å². The highest BCUT2D eigenvalue weighted by molar-refractivity contribution is 6.41.